The Morgan fingerprint density at radius 1 is 1.26 bits per heavy atom. The Bertz CT molecular complexity index is 746. The molecule has 0 aliphatic carbocycles. The van der Waals surface area contributed by atoms with Crippen LogP contribution in [0.2, 0.25) is 0 Å². The molecule has 1 aliphatic rings. The summed E-state index contributed by atoms with van der Waals surface area (Å²) in [6.07, 6.45) is 0. The minimum atomic E-state index is -0.231. The Labute approximate surface area is 163 Å². The molecule has 1 amide bonds. The molecular weight excluding hydrogens is 365 g/mol. The first-order chi connectivity index (χ1) is 13.0. The molecule has 0 saturated carbocycles. The Morgan fingerprint density at radius 2 is 2.00 bits per heavy atom. The average molecular weight is 394 g/mol. The lowest BCUT2D eigenvalue weighted by Crippen LogP contribution is -3.28. The second kappa shape index (κ2) is 9.30. The molecule has 1 saturated heterocycles. The summed E-state index contributed by atoms with van der Waals surface area (Å²) >= 11 is 1.66. The van der Waals surface area contributed by atoms with Gasteiger partial charge in [0, 0.05) is 4.88 Å². The molecule has 146 valence electrons. The van der Waals surface area contributed by atoms with Crippen LogP contribution in [0.4, 0.5) is 4.39 Å². The Hall–Kier alpha value is -1.96. The number of amides is 1. The van der Waals surface area contributed by atoms with Crippen molar-refractivity contribution in [3.05, 3.63) is 52.0 Å². The van der Waals surface area contributed by atoms with E-state index in [0.29, 0.717) is 6.54 Å². The van der Waals surface area contributed by atoms with Crippen LogP contribution in [0.5, 0.6) is 5.75 Å². The zero-order valence-corrected chi connectivity index (χ0v) is 16.7. The lowest BCUT2D eigenvalue weighted by Gasteiger charge is -2.30. The molecule has 1 aromatic carbocycles. The first kappa shape index (κ1) is 19.8. The van der Waals surface area contributed by atoms with E-state index in [0.717, 1.165) is 44.0 Å². The number of hydrogen-bond acceptors (Lipinski definition) is 3. The molecule has 0 spiro atoms. The summed E-state index contributed by atoms with van der Waals surface area (Å²) in [6.45, 7) is 7.07. The van der Waals surface area contributed by atoms with Gasteiger partial charge in [-0.25, -0.2) is 4.39 Å². The highest BCUT2D eigenvalue weighted by atomic mass is 32.1. The Kier molecular flexibility index (Phi) is 6.82. The maximum Gasteiger partial charge on any atom is 0.275 e. The van der Waals surface area contributed by atoms with E-state index < -0.39 is 0 Å². The minimum Gasteiger partial charge on any atom is -0.496 e. The molecule has 0 unspecified atom stereocenters. The van der Waals surface area contributed by atoms with Gasteiger partial charge in [-0.15, -0.1) is 11.3 Å². The summed E-state index contributed by atoms with van der Waals surface area (Å²) in [7, 11) is 1.62. The van der Waals surface area contributed by atoms with Gasteiger partial charge in [-0.2, -0.15) is 0 Å². The maximum absolute atomic E-state index is 13.5. The third kappa shape index (κ3) is 5.51. The molecule has 1 atom stereocenters. The Morgan fingerprint density at radius 3 is 2.67 bits per heavy atom. The minimum absolute atomic E-state index is 0.0595. The summed E-state index contributed by atoms with van der Waals surface area (Å²) in [5, 5.41) is 5.11. The van der Waals surface area contributed by atoms with Gasteiger partial charge in [-0.05, 0) is 36.6 Å². The van der Waals surface area contributed by atoms with Crippen molar-refractivity contribution < 1.29 is 23.7 Å². The van der Waals surface area contributed by atoms with Crippen molar-refractivity contribution in [3.63, 3.8) is 0 Å². The van der Waals surface area contributed by atoms with Crippen LogP contribution >= 0.6 is 11.3 Å². The quantitative estimate of drug-likeness (QED) is 0.623. The fourth-order valence-corrected chi connectivity index (χ4v) is 4.33. The van der Waals surface area contributed by atoms with Gasteiger partial charge in [0.15, 0.2) is 6.54 Å². The van der Waals surface area contributed by atoms with E-state index in [1.54, 1.807) is 30.6 Å². The first-order valence-electron chi connectivity index (χ1n) is 9.37. The first-order valence-corrected chi connectivity index (χ1v) is 10.3. The van der Waals surface area contributed by atoms with Gasteiger partial charge in [0.1, 0.15) is 44.3 Å². The molecule has 2 aromatic rings. The largest absolute Gasteiger partial charge is 0.496 e. The predicted octanol–water partition coefficient (Wildman–Crippen LogP) is 0.0566. The molecular formula is C20H28FN3O2S+2. The van der Waals surface area contributed by atoms with Crippen LogP contribution in [-0.4, -0.2) is 45.7 Å². The number of halogens is 1. The smallest absolute Gasteiger partial charge is 0.275 e. The number of hydrogen-bond donors (Lipinski definition) is 3. The molecule has 3 N–H and O–H groups in total. The SMILES string of the molecule is COc1ccc(F)cc1C[NH+]1CC[NH+](CC(=O)N[C@@H](C)c2cccs2)CC1. The van der Waals surface area contributed by atoms with Gasteiger partial charge in [0.25, 0.3) is 5.91 Å². The van der Waals surface area contributed by atoms with Crippen LogP contribution in [0.1, 0.15) is 23.4 Å². The zero-order valence-electron chi connectivity index (χ0n) is 15.9. The summed E-state index contributed by atoms with van der Waals surface area (Å²) in [5.74, 6) is 0.604. The summed E-state index contributed by atoms with van der Waals surface area (Å²) < 4.78 is 18.9. The van der Waals surface area contributed by atoms with Gasteiger partial charge in [-0.1, -0.05) is 6.07 Å². The van der Waals surface area contributed by atoms with E-state index in [-0.39, 0.29) is 17.8 Å². The fraction of sp³-hybridized carbons (Fsp3) is 0.450. The van der Waals surface area contributed by atoms with E-state index in [4.69, 9.17) is 4.74 Å². The number of carbonyl (C=O) groups is 1. The standard InChI is InChI=1S/C20H26FN3O2S/c1-15(19-4-3-11-27-19)22-20(25)14-24-9-7-23(8-10-24)13-16-12-17(21)5-6-18(16)26-2/h3-6,11-12,15H,7-10,13-14H2,1-2H3,(H,22,25)/p+2/t15-/m0/s1. The van der Waals surface area contributed by atoms with Crippen LogP contribution in [0.15, 0.2) is 35.7 Å². The van der Waals surface area contributed by atoms with Crippen LogP contribution in [-0.2, 0) is 11.3 Å². The number of thiophene rings is 1. The van der Waals surface area contributed by atoms with Crippen molar-refractivity contribution in [2.75, 3.05) is 39.8 Å². The van der Waals surface area contributed by atoms with Gasteiger partial charge in [0.2, 0.25) is 0 Å². The number of ether oxygens (including phenoxy) is 1. The third-order valence-electron chi connectivity index (χ3n) is 5.11. The topological polar surface area (TPSA) is 47.2 Å². The molecule has 2 heterocycles. The number of rotatable bonds is 7. The second-order valence-corrected chi connectivity index (χ2v) is 8.09. The summed E-state index contributed by atoms with van der Waals surface area (Å²) in [5.41, 5.74) is 0.901. The van der Waals surface area contributed by atoms with Crippen molar-refractivity contribution in [1.29, 1.82) is 0 Å². The Balaban J connectivity index is 1.45. The van der Waals surface area contributed by atoms with E-state index >= 15 is 0 Å². The van der Waals surface area contributed by atoms with Crippen LogP contribution in [0.3, 0.4) is 0 Å². The molecule has 1 aliphatic heterocycles. The zero-order chi connectivity index (χ0) is 19.2. The highest BCUT2D eigenvalue weighted by Crippen LogP contribution is 2.18. The van der Waals surface area contributed by atoms with Crippen LogP contribution < -0.4 is 19.9 Å². The average Bonchev–Trinajstić information content (AvgIpc) is 3.18. The maximum atomic E-state index is 13.5. The number of benzene rings is 1. The molecule has 5 nitrogen and oxygen atoms in total. The predicted molar refractivity (Wildman–Crippen MR) is 104 cm³/mol. The van der Waals surface area contributed by atoms with Crippen LogP contribution in [0.25, 0.3) is 0 Å². The van der Waals surface area contributed by atoms with E-state index in [9.17, 15) is 9.18 Å². The lowest BCUT2D eigenvalue weighted by atomic mass is 10.1. The van der Waals surface area contributed by atoms with E-state index in [2.05, 4.69) is 5.32 Å². The lowest BCUT2D eigenvalue weighted by molar-refractivity contribution is -1.02. The van der Waals surface area contributed by atoms with Crippen molar-refractivity contribution >= 4 is 17.2 Å². The van der Waals surface area contributed by atoms with Crippen molar-refractivity contribution in [2.24, 2.45) is 0 Å². The van der Waals surface area contributed by atoms with Crippen molar-refractivity contribution in [1.82, 2.24) is 5.32 Å². The highest BCUT2D eigenvalue weighted by molar-refractivity contribution is 7.10. The summed E-state index contributed by atoms with van der Waals surface area (Å²) in [4.78, 5) is 16.2. The van der Waals surface area contributed by atoms with Gasteiger partial charge in [0.05, 0.1) is 18.7 Å². The van der Waals surface area contributed by atoms with E-state index in [1.807, 2.05) is 24.4 Å². The number of quaternary nitrogens is 2. The molecule has 27 heavy (non-hydrogen) atoms. The fourth-order valence-electron chi connectivity index (χ4n) is 3.59. The molecule has 1 fully saturated rings. The third-order valence-corrected chi connectivity index (χ3v) is 6.16. The molecule has 0 radical (unpaired) electrons. The van der Waals surface area contributed by atoms with Gasteiger partial charge >= 0.3 is 0 Å². The monoisotopic (exact) mass is 393 g/mol. The molecule has 3 rings (SSSR count). The van der Waals surface area contributed by atoms with Crippen LogP contribution in [0, 0.1) is 5.82 Å². The summed E-state index contributed by atoms with van der Waals surface area (Å²) in [6, 6.07) is 8.78. The molecule has 1 aromatic heterocycles. The highest BCUT2D eigenvalue weighted by Gasteiger charge is 2.26. The van der Waals surface area contributed by atoms with E-state index in [1.165, 1.54) is 20.7 Å². The number of piperazine rings is 1. The van der Waals surface area contributed by atoms with Gasteiger partial charge < -0.3 is 19.9 Å². The van der Waals surface area contributed by atoms with Crippen molar-refractivity contribution in [3.8, 4) is 5.75 Å². The normalized spacial score (nSPS) is 20.9. The molecule has 0 bridgehead atoms. The second-order valence-electron chi connectivity index (χ2n) is 7.11. The molecule has 7 heteroatoms. The number of nitrogens with one attached hydrogen (secondary N) is 3. The van der Waals surface area contributed by atoms with Crippen molar-refractivity contribution in [2.45, 2.75) is 19.5 Å². The number of methoxy groups -OCH3 is 1. The van der Waals surface area contributed by atoms with Gasteiger partial charge in [-0.3, -0.25) is 4.79 Å². The number of carbonyl (C=O) groups excluding carboxylic acids is 1.